The van der Waals surface area contributed by atoms with Gasteiger partial charge in [0.25, 0.3) is 0 Å². The molecule has 7 heteroatoms. The molecule has 0 aliphatic heterocycles. The predicted molar refractivity (Wildman–Crippen MR) is 76.4 cm³/mol. The first-order chi connectivity index (χ1) is 9.09. The molecular formula is C13H13Br2F3O2. The van der Waals surface area contributed by atoms with Gasteiger partial charge in [0.15, 0.2) is 0 Å². The molecule has 0 radical (unpaired) electrons. The number of benzene rings is 1. The van der Waals surface area contributed by atoms with Gasteiger partial charge in [-0.3, -0.25) is 0 Å². The molecule has 1 saturated carbocycles. The first kappa shape index (κ1) is 15.9. The Morgan fingerprint density at radius 3 is 2.40 bits per heavy atom. The molecule has 0 aromatic heterocycles. The van der Waals surface area contributed by atoms with Crippen LogP contribution in [0.5, 0.6) is 11.5 Å². The molecule has 20 heavy (non-hydrogen) atoms. The maximum absolute atomic E-state index is 12.2. The van der Waals surface area contributed by atoms with E-state index in [0.29, 0.717) is 10.6 Å². The molecular weight excluding hydrogens is 405 g/mol. The minimum Gasteiger partial charge on any atom is -0.490 e. The van der Waals surface area contributed by atoms with Crippen molar-refractivity contribution < 1.29 is 22.6 Å². The maximum atomic E-state index is 12.2. The minimum atomic E-state index is -4.70. The average molecular weight is 418 g/mol. The van der Waals surface area contributed by atoms with Crippen LogP contribution in [0.25, 0.3) is 0 Å². The molecule has 0 saturated heterocycles. The summed E-state index contributed by atoms with van der Waals surface area (Å²) in [6.07, 6.45) is -3.80. The molecule has 2 nitrogen and oxygen atoms in total. The standard InChI is InChI=1S/C13H13Br2F3O2/c1-12(2)10(15)6-11(12)19-7-3-4-9(8(14)5-7)20-13(16,17)18/h3-5,10-11H,6H2,1-2H3. The van der Waals surface area contributed by atoms with Gasteiger partial charge in [-0.2, -0.15) is 0 Å². The van der Waals surface area contributed by atoms with Crippen molar-refractivity contribution in [3.63, 3.8) is 0 Å². The summed E-state index contributed by atoms with van der Waals surface area (Å²) < 4.78 is 46.4. The Kier molecular flexibility index (Phi) is 4.31. The van der Waals surface area contributed by atoms with E-state index in [1.165, 1.54) is 18.2 Å². The van der Waals surface area contributed by atoms with E-state index in [0.717, 1.165) is 6.42 Å². The summed E-state index contributed by atoms with van der Waals surface area (Å²) >= 11 is 6.62. The number of hydrogen-bond donors (Lipinski definition) is 0. The first-order valence-corrected chi connectivity index (χ1v) is 7.66. The van der Waals surface area contributed by atoms with Gasteiger partial charge in [0.2, 0.25) is 0 Å². The maximum Gasteiger partial charge on any atom is 0.573 e. The number of ether oxygens (including phenoxy) is 2. The fourth-order valence-corrected chi connectivity index (χ4v) is 3.04. The molecule has 1 aliphatic rings. The predicted octanol–water partition coefficient (Wildman–Crippen LogP) is 5.29. The number of halogens is 5. The molecule has 2 atom stereocenters. The van der Waals surface area contributed by atoms with Crippen LogP contribution in [0.4, 0.5) is 13.2 Å². The van der Waals surface area contributed by atoms with Gasteiger partial charge in [-0.25, -0.2) is 0 Å². The largest absolute Gasteiger partial charge is 0.573 e. The lowest BCUT2D eigenvalue weighted by atomic mass is 9.69. The van der Waals surface area contributed by atoms with Crippen LogP contribution in [0.15, 0.2) is 22.7 Å². The van der Waals surface area contributed by atoms with Crippen LogP contribution in [-0.2, 0) is 0 Å². The van der Waals surface area contributed by atoms with Crippen molar-refractivity contribution in [3.8, 4) is 11.5 Å². The van der Waals surface area contributed by atoms with Crippen molar-refractivity contribution in [3.05, 3.63) is 22.7 Å². The zero-order valence-corrected chi connectivity index (χ0v) is 14.0. The Balaban J connectivity index is 2.07. The van der Waals surface area contributed by atoms with Crippen LogP contribution < -0.4 is 9.47 Å². The second kappa shape index (κ2) is 5.40. The van der Waals surface area contributed by atoms with Crippen molar-refractivity contribution in [1.82, 2.24) is 0 Å². The molecule has 112 valence electrons. The summed E-state index contributed by atoms with van der Waals surface area (Å²) in [4.78, 5) is 0.385. The van der Waals surface area contributed by atoms with Gasteiger partial charge in [-0.05, 0) is 40.5 Å². The van der Waals surface area contributed by atoms with Gasteiger partial charge in [-0.1, -0.05) is 29.8 Å². The van der Waals surface area contributed by atoms with E-state index in [9.17, 15) is 13.2 Å². The minimum absolute atomic E-state index is 0.00633. The summed E-state index contributed by atoms with van der Waals surface area (Å²) in [6, 6.07) is 4.20. The highest BCUT2D eigenvalue weighted by Gasteiger charge is 2.48. The van der Waals surface area contributed by atoms with Crippen molar-refractivity contribution >= 4 is 31.9 Å². The molecule has 2 rings (SSSR count). The van der Waals surface area contributed by atoms with E-state index < -0.39 is 6.36 Å². The third kappa shape index (κ3) is 3.42. The van der Waals surface area contributed by atoms with Crippen LogP contribution in [0.2, 0.25) is 0 Å². The molecule has 1 aromatic rings. The summed E-state index contributed by atoms with van der Waals surface area (Å²) in [5.74, 6) is 0.236. The number of alkyl halides is 4. The first-order valence-electron chi connectivity index (χ1n) is 5.95. The van der Waals surface area contributed by atoms with Gasteiger partial charge in [-0.15, -0.1) is 13.2 Å². The van der Waals surface area contributed by atoms with Crippen LogP contribution in [0, 0.1) is 5.41 Å². The lowest BCUT2D eigenvalue weighted by Gasteiger charge is -2.48. The van der Waals surface area contributed by atoms with E-state index >= 15 is 0 Å². The number of hydrogen-bond acceptors (Lipinski definition) is 2. The molecule has 0 amide bonds. The molecule has 0 bridgehead atoms. The normalized spacial score (nSPS) is 24.9. The average Bonchev–Trinajstić information content (AvgIpc) is 2.31. The third-order valence-electron chi connectivity index (χ3n) is 3.47. The van der Waals surface area contributed by atoms with Crippen LogP contribution in [-0.4, -0.2) is 17.3 Å². The molecule has 0 spiro atoms. The fraction of sp³-hybridized carbons (Fsp3) is 0.538. The lowest BCUT2D eigenvalue weighted by Crippen LogP contribution is -2.53. The van der Waals surface area contributed by atoms with Crippen LogP contribution in [0.1, 0.15) is 20.3 Å². The Hall–Kier alpha value is -0.430. The zero-order valence-electron chi connectivity index (χ0n) is 10.8. The Morgan fingerprint density at radius 1 is 1.30 bits per heavy atom. The highest BCUT2D eigenvalue weighted by atomic mass is 79.9. The fourth-order valence-electron chi connectivity index (χ4n) is 1.96. The summed E-state index contributed by atoms with van der Waals surface area (Å²) in [6.45, 7) is 4.16. The van der Waals surface area contributed by atoms with Gasteiger partial charge in [0, 0.05) is 10.2 Å². The molecule has 1 fully saturated rings. The van der Waals surface area contributed by atoms with E-state index in [1.54, 1.807) is 0 Å². The molecule has 0 heterocycles. The Bertz CT molecular complexity index is 503. The van der Waals surface area contributed by atoms with E-state index in [1.807, 2.05) is 0 Å². The quantitative estimate of drug-likeness (QED) is 0.622. The Morgan fingerprint density at radius 2 is 1.95 bits per heavy atom. The SMILES string of the molecule is CC1(C)C(Br)CC1Oc1ccc(OC(F)(F)F)c(Br)c1. The third-order valence-corrected chi connectivity index (χ3v) is 5.64. The van der Waals surface area contributed by atoms with Gasteiger partial charge in [0.05, 0.1) is 4.47 Å². The second-order valence-corrected chi connectivity index (χ2v) is 7.23. The van der Waals surface area contributed by atoms with Crippen molar-refractivity contribution in [2.24, 2.45) is 5.41 Å². The van der Waals surface area contributed by atoms with Crippen LogP contribution >= 0.6 is 31.9 Å². The van der Waals surface area contributed by atoms with Crippen molar-refractivity contribution in [1.29, 1.82) is 0 Å². The molecule has 0 N–H and O–H groups in total. The molecule has 1 aliphatic carbocycles. The molecule has 2 unspecified atom stereocenters. The van der Waals surface area contributed by atoms with Crippen LogP contribution in [0.3, 0.4) is 0 Å². The van der Waals surface area contributed by atoms with Gasteiger partial charge in [0.1, 0.15) is 17.6 Å². The zero-order chi connectivity index (χ0) is 15.1. The van der Waals surface area contributed by atoms with Crippen molar-refractivity contribution in [2.75, 3.05) is 0 Å². The summed E-state index contributed by atoms with van der Waals surface area (Å²) in [7, 11) is 0. The Labute approximate surface area is 131 Å². The van der Waals surface area contributed by atoms with E-state index in [4.69, 9.17) is 4.74 Å². The summed E-state index contributed by atoms with van der Waals surface area (Å²) in [5.41, 5.74) is -0.00633. The lowest BCUT2D eigenvalue weighted by molar-refractivity contribution is -0.274. The van der Waals surface area contributed by atoms with Gasteiger partial charge < -0.3 is 9.47 Å². The smallest absolute Gasteiger partial charge is 0.490 e. The second-order valence-electron chi connectivity index (χ2n) is 5.27. The molecule has 1 aromatic carbocycles. The van der Waals surface area contributed by atoms with Gasteiger partial charge >= 0.3 is 6.36 Å². The monoisotopic (exact) mass is 416 g/mol. The van der Waals surface area contributed by atoms with E-state index in [-0.39, 0.29) is 21.7 Å². The topological polar surface area (TPSA) is 18.5 Å². The summed E-state index contributed by atoms with van der Waals surface area (Å²) in [5, 5.41) is 0. The highest BCUT2D eigenvalue weighted by molar-refractivity contribution is 9.10. The van der Waals surface area contributed by atoms with E-state index in [2.05, 4.69) is 50.4 Å². The van der Waals surface area contributed by atoms with Crippen molar-refractivity contribution in [2.45, 2.75) is 37.6 Å². The highest BCUT2D eigenvalue weighted by Crippen LogP contribution is 2.47. The number of rotatable bonds is 3.